The van der Waals surface area contributed by atoms with Gasteiger partial charge < -0.3 is 4.98 Å². The van der Waals surface area contributed by atoms with Gasteiger partial charge in [-0.15, -0.1) is 0 Å². The molecule has 0 atom stereocenters. The van der Waals surface area contributed by atoms with E-state index in [1.54, 1.807) is 13.0 Å². The first-order valence-corrected chi connectivity index (χ1v) is 4.78. The molecule has 1 aromatic carbocycles. The molecule has 2 aromatic rings. The van der Waals surface area contributed by atoms with Crippen LogP contribution < -0.4 is 5.43 Å². The molecule has 82 valence electrons. The maximum absolute atomic E-state index is 11.7. The Kier molecular flexibility index (Phi) is 2.23. The van der Waals surface area contributed by atoms with Gasteiger partial charge in [-0.05, 0) is 25.5 Å². The molecule has 0 radical (unpaired) electrons. The molecule has 0 aliphatic heterocycles. The van der Waals surface area contributed by atoms with E-state index in [2.05, 4.69) is 4.98 Å². The highest BCUT2D eigenvalue weighted by Gasteiger charge is 2.19. The number of H-pyrrole nitrogens is 1. The molecule has 0 unspecified atom stereocenters. The third-order valence-corrected chi connectivity index (χ3v) is 2.58. The predicted molar refractivity (Wildman–Crippen MR) is 60.7 cm³/mol. The number of aromatic nitrogens is 1. The summed E-state index contributed by atoms with van der Waals surface area (Å²) < 4.78 is 0. The van der Waals surface area contributed by atoms with E-state index in [1.807, 2.05) is 6.92 Å². The lowest BCUT2D eigenvalue weighted by molar-refractivity contribution is -0.383. The summed E-state index contributed by atoms with van der Waals surface area (Å²) in [6.45, 7) is 3.45. The molecule has 5 heteroatoms. The van der Waals surface area contributed by atoms with Crippen LogP contribution in [0.4, 0.5) is 5.69 Å². The average molecular weight is 218 g/mol. The van der Waals surface area contributed by atoms with Gasteiger partial charge in [-0.3, -0.25) is 14.9 Å². The van der Waals surface area contributed by atoms with Crippen molar-refractivity contribution < 1.29 is 4.92 Å². The number of rotatable bonds is 1. The van der Waals surface area contributed by atoms with E-state index >= 15 is 0 Å². The summed E-state index contributed by atoms with van der Waals surface area (Å²) in [6, 6.07) is 3.00. The molecule has 1 aromatic heterocycles. The Hall–Kier alpha value is -2.17. The summed E-state index contributed by atoms with van der Waals surface area (Å²) in [4.78, 5) is 25.0. The molecule has 16 heavy (non-hydrogen) atoms. The van der Waals surface area contributed by atoms with Crippen molar-refractivity contribution in [1.29, 1.82) is 0 Å². The third-order valence-electron chi connectivity index (χ3n) is 2.58. The van der Waals surface area contributed by atoms with E-state index in [1.165, 1.54) is 12.3 Å². The van der Waals surface area contributed by atoms with Crippen molar-refractivity contribution in [1.82, 2.24) is 4.98 Å². The number of benzene rings is 1. The predicted octanol–water partition coefficient (Wildman–Crippen LogP) is 2.05. The van der Waals surface area contributed by atoms with Gasteiger partial charge in [0.25, 0.3) is 5.69 Å². The standard InChI is InChI=1S/C11H10N2O3/c1-6-5-7(2)11(13(15)16)9-8(14)3-4-12-10(6)9/h3-5H,1-2H3,(H,12,14). The van der Waals surface area contributed by atoms with Gasteiger partial charge in [0.1, 0.15) is 5.39 Å². The largest absolute Gasteiger partial charge is 0.361 e. The Bertz CT molecular complexity index is 643. The molecule has 0 saturated heterocycles. The first kappa shape index (κ1) is 10.4. The van der Waals surface area contributed by atoms with Gasteiger partial charge in [0, 0.05) is 17.8 Å². The molecule has 0 bridgehead atoms. The van der Waals surface area contributed by atoms with Crippen molar-refractivity contribution in [2.24, 2.45) is 0 Å². The number of hydrogen-bond acceptors (Lipinski definition) is 3. The highest BCUT2D eigenvalue weighted by atomic mass is 16.6. The number of aromatic amines is 1. The van der Waals surface area contributed by atoms with E-state index in [4.69, 9.17) is 0 Å². The summed E-state index contributed by atoms with van der Waals surface area (Å²) >= 11 is 0. The van der Waals surface area contributed by atoms with Crippen LogP contribution in [0, 0.1) is 24.0 Å². The SMILES string of the molecule is Cc1cc(C)c2[nH]ccc(=O)c2c1[N+](=O)[O-]. The maximum Gasteiger partial charge on any atom is 0.285 e. The second kappa shape index (κ2) is 3.44. The second-order valence-electron chi connectivity index (χ2n) is 3.71. The molecule has 2 rings (SSSR count). The van der Waals surface area contributed by atoms with Gasteiger partial charge in [0.15, 0.2) is 5.43 Å². The van der Waals surface area contributed by atoms with Gasteiger partial charge >= 0.3 is 0 Å². The summed E-state index contributed by atoms with van der Waals surface area (Å²) in [5.41, 5.74) is 1.43. The fraction of sp³-hybridized carbons (Fsp3) is 0.182. The van der Waals surface area contributed by atoms with Crippen LogP contribution in [0.3, 0.4) is 0 Å². The molecule has 1 heterocycles. The maximum atomic E-state index is 11.7. The summed E-state index contributed by atoms with van der Waals surface area (Å²) in [7, 11) is 0. The van der Waals surface area contributed by atoms with Crippen molar-refractivity contribution in [2.75, 3.05) is 0 Å². The van der Waals surface area contributed by atoms with E-state index in [-0.39, 0.29) is 16.5 Å². The molecule has 0 saturated carbocycles. The number of hydrogen-bond donors (Lipinski definition) is 1. The number of nitrogens with one attached hydrogen (secondary N) is 1. The molecular formula is C11H10N2O3. The molecule has 5 nitrogen and oxygen atoms in total. The zero-order valence-electron chi connectivity index (χ0n) is 8.90. The van der Waals surface area contributed by atoms with Crippen LogP contribution in [-0.4, -0.2) is 9.91 Å². The fourth-order valence-corrected chi connectivity index (χ4v) is 1.92. The van der Waals surface area contributed by atoms with Crippen LogP contribution in [0.25, 0.3) is 10.9 Å². The summed E-state index contributed by atoms with van der Waals surface area (Å²) in [5, 5.41) is 11.1. The van der Waals surface area contributed by atoms with Crippen molar-refractivity contribution in [2.45, 2.75) is 13.8 Å². The van der Waals surface area contributed by atoms with E-state index in [0.29, 0.717) is 11.1 Å². The molecule has 0 aliphatic carbocycles. The Morgan fingerprint density at radius 1 is 1.31 bits per heavy atom. The van der Waals surface area contributed by atoms with Gasteiger partial charge in [-0.2, -0.15) is 0 Å². The van der Waals surface area contributed by atoms with E-state index in [9.17, 15) is 14.9 Å². The lowest BCUT2D eigenvalue weighted by atomic mass is 10.0. The van der Waals surface area contributed by atoms with Crippen LogP contribution in [-0.2, 0) is 0 Å². The van der Waals surface area contributed by atoms with Crippen LogP contribution in [0.5, 0.6) is 0 Å². The molecule has 0 amide bonds. The number of aryl methyl sites for hydroxylation is 2. The molecular weight excluding hydrogens is 208 g/mol. The number of pyridine rings is 1. The number of nitro benzene ring substituents is 1. The fourth-order valence-electron chi connectivity index (χ4n) is 1.92. The van der Waals surface area contributed by atoms with Crippen molar-refractivity contribution in [3.05, 3.63) is 49.8 Å². The van der Waals surface area contributed by atoms with E-state index < -0.39 is 4.92 Å². The van der Waals surface area contributed by atoms with E-state index in [0.717, 1.165) is 5.56 Å². The van der Waals surface area contributed by atoms with Gasteiger partial charge in [-0.1, -0.05) is 0 Å². The minimum Gasteiger partial charge on any atom is -0.361 e. The monoisotopic (exact) mass is 218 g/mol. The lowest BCUT2D eigenvalue weighted by Gasteiger charge is -2.05. The summed E-state index contributed by atoms with van der Waals surface area (Å²) in [6.07, 6.45) is 1.50. The van der Waals surface area contributed by atoms with Gasteiger partial charge in [-0.25, -0.2) is 0 Å². The number of nitrogens with zero attached hydrogens (tertiary/aromatic N) is 1. The third kappa shape index (κ3) is 1.37. The van der Waals surface area contributed by atoms with Gasteiger partial charge in [0.05, 0.1) is 10.4 Å². The molecule has 0 fully saturated rings. The summed E-state index contributed by atoms with van der Waals surface area (Å²) in [5.74, 6) is 0. The normalized spacial score (nSPS) is 10.6. The first-order valence-electron chi connectivity index (χ1n) is 4.78. The number of fused-ring (bicyclic) bond motifs is 1. The molecule has 1 N–H and O–H groups in total. The van der Waals surface area contributed by atoms with Crippen molar-refractivity contribution in [3.63, 3.8) is 0 Å². The van der Waals surface area contributed by atoms with Crippen molar-refractivity contribution >= 4 is 16.6 Å². The second-order valence-corrected chi connectivity index (χ2v) is 3.71. The highest BCUT2D eigenvalue weighted by molar-refractivity contribution is 5.91. The Morgan fingerprint density at radius 2 is 2.00 bits per heavy atom. The molecule has 0 spiro atoms. The highest BCUT2D eigenvalue weighted by Crippen LogP contribution is 2.27. The first-order chi connectivity index (χ1) is 7.52. The Labute approximate surface area is 90.9 Å². The Balaban J connectivity index is 3.10. The minimum atomic E-state index is -0.508. The Morgan fingerprint density at radius 3 is 2.62 bits per heavy atom. The van der Waals surface area contributed by atoms with Gasteiger partial charge in [0.2, 0.25) is 0 Å². The van der Waals surface area contributed by atoms with Crippen LogP contribution >= 0.6 is 0 Å². The zero-order valence-corrected chi connectivity index (χ0v) is 8.90. The smallest absolute Gasteiger partial charge is 0.285 e. The van der Waals surface area contributed by atoms with Crippen LogP contribution in [0.1, 0.15) is 11.1 Å². The quantitative estimate of drug-likeness (QED) is 0.587. The molecule has 0 aliphatic rings. The lowest BCUT2D eigenvalue weighted by Crippen LogP contribution is -2.06. The zero-order chi connectivity index (χ0) is 11.9. The topological polar surface area (TPSA) is 76.0 Å². The van der Waals surface area contributed by atoms with Crippen LogP contribution in [0.2, 0.25) is 0 Å². The van der Waals surface area contributed by atoms with Crippen molar-refractivity contribution in [3.8, 4) is 0 Å². The van der Waals surface area contributed by atoms with Crippen LogP contribution in [0.15, 0.2) is 23.1 Å². The minimum absolute atomic E-state index is 0.109. The number of nitro groups is 1. The average Bonchev–Trinajstić information content (AvgIpc) is 2.19.